The number of carbonyl (C=O) groups excluding carboxylic acids is 1. The second kappa shape index (κ2) is 8.73. The van der Waals surface area contributed by atoms with E-state index in [0.29, 0.717) is 27.1 Å². The Hall–Kier alpha value is -2.62. The summed E-state index contributed by atoms with van der Waals surface area (Å²) in [5.41, 5.74) is 2.11. The molecule has 0 radical (unpaired) electrons. The zero-order valence-electron chi connectivity index (χ0n) is 18.2. The Morgan fingerprint density at radius 2 is 2.03 bits per heavy atom. The van der Waals surface area contributed by atoms with Crippen LogP contribution in [0, 0.1) is 5.92 Å². The minimum absolute atomic E-state index is 0.282. The number of aromatic nitrogens is 4. The lowest BCUT2D eigenvalue weighted by atomic mass is 9.84. The molecule has 1 fully saturated rings. The Bertz CT molecular complexity index is 1270. The van der Waals surface area contributed by atoms with Crippen molar-refractivity contribution in [1.29, 1.82) is 0 Å². The van der Waals surface area contributed by atoms with E-state index in [-0.39, 0.29) is 6.03 Å². The third-order valence-corrected chi connectivity index (χ3v) is 7.53. The van der Waals surface area contributed by atoms with Crippen molar-refractivity contribution in [3.63, 3.8) is 0 Å². The highest BCUT2D eigenvalue weighted by molar-refractivity contribution is 14.1. The number of fused-ring (bicyclic) bond motifs is 2. The van der Waals surface area contributed by atoms with E-state index >= 15 is 0 Å². The third kappa shape index (κ3) is 3.96. The van der Waals surface area contributed by atoms with Crippen LogP contribution in [-0.4, -0.2) is 36.4 Å². The lowest BCUT2D eigenvalue weighted by molar-refractivity contribution is 0.254. The zero-order chi connectivity index (χ0) is 22.2. The highest BCUT2D eigenvalue weighted by Crippen LogP contribution is 2.37. The molecular formula is C24H26IN5O2. The Labute approximate surface area is 200 Å². The van der Waals surface area contributed by atoms with Crippen molar-refractivity contribution < 1.29 is 9.53 Å². The first-order valence-corrected chi connectivity index (χ1v) is 12.2. The molecule has 0 spiro atoms. The fraction of sp³-hybridized carbons (Fsp3) is 0.375. The Morgan fingerprint density at radius 3 is 2.78 bits per heavy atom. The molecule has 32 heavy (non-hydrogen) atoms. The van der Waals surface area contributed by atoms with Crippen LogP contribution < -0.4 is 10.1 Å². The predicted octanol–water partition coefficient (Wildman–Crippen LogP) is 6.03. The summed E-state index contributed by atoms with van der Waals surface area (Å²) in [6, 6.07) is 9.64. The Morgan fingerprint density at radius 1 is 1.22 bits per heavy atom. The summed E-state index contributed by atoms with van der Waals surface area (Å²) in [6.07, 6.45) is 10.3. The van der Waals surface area contributed by atoms with Crippen molar-refractivity contribution in [1.82, 2.24) is 19.3 Å². The van der Waals surface area contributed by atoms with Crippen LogP contribution in [0.2, 0.25) is 0 Å². The second-order valence-corrected chi connectivity index (χ2v) is 10.5. The summed E-state index contributed by atoms with van der Waals surface area (Å²) >= 11 is 2.55. The molecule has 1 aliphatic carbocycles. The van der Waals surface area contributed by atoms with Gasteiger partial charge in [0.1, 0.15) is 11.4 Å². The number of methoxy groups -OCH3 is 1. The van der Waals surface area contributed by atoms with Gasteiger partial charge in [0.25, 0.3) is 0 Å². The van der Waals surface area contributed by atoms with Gasteiger partial charge in [0.2, 0.25) is 0 Å². The van der Waals surface area contributed by atoms with Gasteiger partial charge in [-0.1, -0.05) is 29.5 Å². The number of ether oxygens (including phenoxy) is 1. The van der Waals surface area contributed by atoms with E-state index in [1.165, 1.54) is 17.4 Å². The van der Waals surface area contributed by atoms with Gasteiger partial charge in [-0.15, -0.1) is 0 Å². The number of hydrogen-bond donors (Lipinski definition) is 1. The average molecular weight is 543 g/mol. The molecular weight excluding hydrogens is 517 g/mol. The summed E-state index contributed by atoms with van der Waals surface area (Å²) in [5.74, 6) is 1.39. The number of amides is 1. The number of alkyl halides is 1. The van der Waals surface area contributed by atoms with E-state index in [2.05, 4.69) is 50.7 Å². The van der Waals surface area contributed by atoms with E-state index in [1.54, 1.807) is 19.5 Å². The van der Waals surface area contributed by atoms with Gasteiger partial charge in [-0.05, 0) is 55.9 Å². The lowest BCUT2D eigenvalue weighted by Gasteiger charge is -2.30. The van der Waals surface area contributed by atoms with Crippen molar-refractivity contribution >= 4 is 56.2 Å². The molecule has 4 aromatic rings. The summed E-state index contributed by atoms with van der Waals surface area (Å²) in [4.78, 5) is 17.3. The summed E-state index contributed by atoms with van der Waals surface area (Å²) < 4.78 is 9.89. The van der Waals surface area contributed by atoms with Crippen molar-refractivity contribution in [3.05, 3.63) is 48.9 Å². The van der Waals surface area contributed by atoms with Crippen LogP contribution >= 0.6 is 22.6 Å². The van der Waals surface area contributed by atoms with Gasteiger partial charge in [0.15, 0.2) is 0 Å². The number of anilines is 1. The maximum Gasteiger partial charge on any atom is 0.331 e. The molecule has 3 heterocycles. The molecule has 166 valence electrons. The normalized spacial score (nSPS) is 19.8. The number of nitrogens with zero attached hydrogens (tertiary/aromatic N) is 4. The van der Waals surface area contributed by atoms with Crippen LogP contribution in [0.15, 0.2) is 48.9 Å². The van der Waals surface area contributed by atoms with Crippen LogP contribution in [0.3, 0.4) is 0 Å². The van der Waals surface area contributed by atoms with Gasteiger partial charge >= 0.3 is 6.03 Å². The monoisotopic (exact) mass is 543 g/mol. The number of hydrogen-bond acceptors (Lipinski definition) is 4. The maximum atomic E-state index is 13.0. The van der Waals surface area contributed by atoms with Gasteiger partial charge in [-0.3, -0.25) is 9.25 Å². The first-order chi connectivity index (χ1) is 15.5. The van der Waals surface area contributed by atoms with E-state index in [0.717, 1.165) is 35.0 Å². The van der Waals surface area contributed by atoms with Crippen LogP contribution in [0.1, 0.15) is 38.6 Å². The van der Waals surface area contributed by atoms with E-state index in [1.807, 2.05) is 30.3 Å². The molecule has 1 N–H and O–H groups in total. The van der Waals surface area contributed by atoms with Crippen LogP contribution in [0.5, 0.6) is 5.75 Å². The van der Waals surface area contributed by atoms with Crippen molar-refractivity contribution in [2.75, 3.05) is 12.4 Å². The first-order valence-electron chi connectivity index (χ1n) is 11.0. The molecule has 1 saturated carbocycles. The largest absolute Gasteiger partial charge is 0.494 e. The zero-order valence-corrected chi connectivity index (χ0v) is 20.3. The quantitative estimate of drug-likeness (QED) is 0.252. The molecule has 0 saturated heterocycles. The molecule has 8 heteroatoms. The SMILES string of the molecule is COc1cc2nn([C@H]3CC[C@H](C(C)I)CC3)cc2cc1NC(=O)n1ccc2cccnc21. The van der Waals surface area contributed by atoms with E-state index < -0.39 is 0 Å². The molecule has 0 aliphatic heterocycles. The minimum atomic E-state index is -0.282. The van der Waals surface area contributed by atoms with Crippen LogP contribution in [-0.2, 0) is 0 Å². The molecule has 1 aromatic carbocycles. The first kappa shape index (κ1) is 21.2. The molecule has 1 amide bonds. The third-order valence-electron chi connectivity index (χ3n) is 6.52. The van der Waals surface area contributed by atoms with Crippen molar-refractivity contribution in [3.8, 4) is 5.75 Å². The van der Waals surface area contributed by atoms with Crippen LogP contribution in [0.4, 0.5) is 10.5 Å². The highest BCUT2D eigenvalue weighted by Gasteiger charge is 2.26. The minimum Gasteiger partial charge on any atom is -0.494 e. The average Bonchev–Trinajstić information content (AvgIpc) is 3.42. The number of nitrogens with one attached hydrogen (secondary N) is 1. The molecule has 3 aromatic heterocycles. The van der Waals surface area contributed by atoms with Gasteiger partial charge in [0.05, 0.1) is 24.4 Å². The summed E-state index contributed by atoms with van der Waals surface area (Å²) in [5, 5.41) is 9.71. The number of benzene rings is 1. The Balaban J connectivity index is 1.40. The number of halogens is 1. The lowest BCUT2D eigenvalue weighted by Crippen LogP contribution is -2.22. The van der Waals surface area contributed by atoms with Gasteiger partial charge in [-0.2, -0.15) is 5.10 Å². The summed E-state index contributed by atoms with van der Waals surface area (Å²) in [7, 11) is 1.60. The molecule has 7 nitrogen and oxygen atoms in total. The molecule has 1 unspecified atom stereocenters. The second-order valence-electron chi connectivity index (χ2n) is 8.50. The van der Waals surface area contributed by atoms with Gasteiger partial charge in [-0.25, -0.2) is 9.78 Å². The van der Waals surface area contributed by atoms with Crippen molar-refractivity contribution in [2.45, 2.75) is 42.6 Å². The molecule has 0 bridgehead atoms. The number of pyridine rings is 1. The topological polar surface area (TPSA) is 74.0 Å². The number of rotatable bonds is 4. The standard InChI is InChI=1S/C24H26IN5O2/c1-15(25)16-5-7-19(8-6-16)30-14-18-12-21(22(32-2)13-20(18)28-30)27-24(31)29-11-9-17-4-3-10-26-23(17)29/h3-4,9-16,19H,5-8H2,1-2H3,(H,27,31)/t15?,16-,19-. The van der Waals surface area contributed by atoms with E-state index in [4.69, 9.17) is 9.84 Å². The van der Waals surface area contributed by atoms with Gasteiger partial charge in [0, 0.05) is 39.4 Å². The van der Waals surface area contributed by atoms with Crippen LogP contribution in [0.25, 0.3) is 21.9 Å². The molecule has 1 aliphatic rings. The fourth-order valence-electron chi connectivity index (χ4n) is 4.66. The predicted molar refractivity (Wildman–Crippen MR) is 135 cm³/mol. The fourth-order valence-corrected chi connectivity index (χ4v) is 5.38. The number of carbonyl (C=O) groups is 1. The van der Waals surface area contributed by atoms with Gasteiger partial charge < -0.3 is 10.1 Å². The molecule has 5 rings (SSSR count). The van der Waals surface area contributed by atoms with Crippen molar-refractivity contribution in [2.24, 2.45) is 5.92 Å². The Kier molecular flexibility index (Phi) is 5.79. The highest BCUT2D eigenvalue weighted by atomic mass is 127. The van der Waals surface area contributed by atoms with E-state index in [9.17, 15) is 4.79 Å². The molecule has 1 atom stereocenters. The maximum absolute atomic E-state index is 13.0. The smallest absolute Gasteiger partial charge is 0.331 e. The summed E-state index contributed by atoms with van der Waals surface area (Å²) in [6.45, 7) is 2.31.